The number of hydrogen-bond acceptors (Lipinski definition) is 7. The number of benzene rings is 1. The maximum Gasteiger partial charge on any atom is 0.261 e. The van der Waals surface area contributed by atoms with E-state index in [1.807, 2.05) is 32.0 Å². The van der Waals surface area contributed by atoms with Gasteiger partial charge in [-0.2, -0.15) is 0 Å². The molecule has 3 N–H and O–H groups in total. The first kappa shape index (κ1) is 21.0. The molecule has 0 fully saturated rings. The number of pyridine rings is 2. The van der Waals surface area contributed by atoms with Gasteiger partial charge in [-0.05, 0) is 44.2 Å². The van der Waals surface area contributed by atoms with Gasteiger partial charge in [-0.3, -0.25) is 14.6 Å². The third-order valence-electron chi connectivity index (χ3n) is 4.43. The highest BCUT2D eigenvalue weighted by Crippen LogP contribution is 2.27. The number of aromatic amines is 1. The molecule has 0 saturated heterocycles. The first-order chi connectivity index (χ1) is 15.4. The number of fused-ring (bicyclic) bond motifs is 1. The summed E-state index contributed by atoms with van der Waals surface area (Å²) in [6.07, 6.45) is 3.08. The van der Waals surface area contributed by atoms with Crippen molar-refractivity contribution in [3.05, 3.63) is 65.2 Å². The van der Waals surface area contributed by atoms with Crippen LogP contribution in [0, 0.1) is 0 Å². The number of nitrogens with zero attached hydrogens (tertiary/aromatic N) is 3. The Kier molecular flexibility index (Phi) is 5.80. The molecule has 0 aliphatic heterocycles. The molecule has 0 unspecified atom stereocenters. The van der Waals surface area contributed by atoms with Crippen LogP contribution in [0.3, 0.4) is 0 Å². The number of anilines is 2. The highest BCUT2D eigenvalue weighted by Gasteiger charge is 2.10. The van der Waals surface area contributed by atoms with Crippen LogP contribution >= 0.6 is 0 Å². The molecule has 1 amide bonds. The van der Waals surface area contributed by atoms with Crippen LogP contribution in [-0.4, -0.2) is 31.9 Å². The molecular formula is C23H22N6O3. The highest BCUT2D eigenvalue weighted by molar-refractivity contribution is 5.87. The van der Waals surface area contributed by atoms with Crippen molar-refractivity contribution < 1.29 is 9.53 Å². The molecule has 3 heterocycles. The predicted octanol–water partition coefficient (Wildman–Crippen LogP) is 3.95. The monoisotopic (exact) mass is 430 g/mol. The summed E-state index contributed by atoms with van der Waals surface area (Å²) >= 11 is 0. The maximum atomic E-state index is 12.5. The van der Waals surface area contributed by atoms with Crippen molar-refractivity contribution in [2.45, 2.75) is 26.8 Å². The molecule has 0 spiro atoms. The Morgan fingerprint density at radius 1 is 1.06 bits per heavy atom. The molecule has 3 aromatic heterocycles. The van der Waals surface area contributed by atoms with E-state index in [0.29, 0.717) is 40.0 Å². The van der Waals surface area contributed by atoms with E-state index in [4.69, 9.17) is 4.74 Å². The molecule has 0 bridgehead atoms. The fourth-order valence-corrected chi connectivity index (χ4v) is 3.10. The molecule has 0 saturated carbocycles. The number of nitrogens with one attached hydrogen (secondary N) is 3. The lowest BCUT2D eigenvalue weighted by molar-refractivity contribution is -0.114. The quantitative estimate of drug-likeness (QED) is 0.423. The van der Waals surface area contributed by atoms with Crippen molar-refractivity contribution >= 4 is 28.6 Å². The molecule has 4 rings (SSSR count). The van der Waals surface area contributed by atoms with Gasteiger partial charge in [-0.1, -0.05) is 6.07 Å². The van der Waals surface area contributed by atoms with E-state index in [9.17, 15) is 9.59 Å². The van der Waals surface area contributed by atoms with Crippen LogP contribution in [0.15, 0.2) is 59.7 Å². The van der Waals surface area contributed by atoms with Crippen LogP contribution in [0.2, 0.25) is 0 Å². The molecule has 0 radical (unpaired) electrons. The van der Waals surface area contributed by atoms with Crippen LogP contribution in [0.25, 0.3) is 22.2 Å². The fourth-order valence-electron chi connectivity index (χ4n) is 3.10. The Bertz CT molecular complexity index is 1350. The molecule has 4 aromatic rings. The smallest absolute Gasteiger partial charge is 0.261 e. The maximum absolute atomic E-state index is 12.5. The van der Waals surface area contributed by atoms with Gasteiger partial charge in [0.2, 0.25) is 11.9 Å². The summed E-state index contributed by atoms with van der Waals surface area (Å²) in [5.74, 6) is 1.78. The fraction of sp³-hybridized carbons (Fsp3) is 0.174. The van der Waals surface area contributed by atoms with Gasteiger partial charge in [-0.25, -0.2) is 15.0 Å². The second-order valence-electron chi connectivity index (χ2n) is 7.48. The van der Waals surface area contributed by atoms with Crippen LogP contribution in [0.1, 0.15) is 20.8 Å². The first-order valence-electron chi connectivity index (χ1n) is 10.1. The summed E-state index contributed by atoms with van der Waals surface area (Å²) < 4.78 is 5.90. The van der Waals surface area contributed by atoms with Gasteiger partial charge in [0.05, 0.1) is 16.8 Å². The van der Waals surface area contributed by atoms with Gasteiger partial charge in [-0.15, -0.1) is 0 Å². The number of ether oxygens (including phenoxy) is 1. The zero-order chi connectivity index (χ0) is 22.7. The second-order valence-corrected chi connectivity index (χ2v) is 7.48. The molecular weight excluding hydrogens is 408 g/mol. The Labute approximate surface area is 183 Å². The molecule has 32 heavy (non-hydrogen) atoms. The number of H-pyrrole nitrogens is 1. The predicted molar refractivity (Wildman–Crippen MR) is 123 cm³/mol. The molecule has 162 valence electrons. The normalized spacial score (nSPS) is 10.9. The number of aromatic nitrogens is 4. The van der Waals surface area contributed by atoms with Gasteiger partial charge in [0, 0.05) is 36.8 Å². The minimum absolute atomic E-state index is 0.156. The first-order valence-corrected chi connectivity index (χ1v) is 10.1. The summed E-state index contributed by atoms with van der Waals surface area (Å²) in [5.41, 5.74) is 1.38. The van der Waals surface area contributed by atoms with E-state index in [1.54, 1.807) is 30.5 Å². The van der Waals surface area contributed by atoms with E-state index < -0.39 is 0 Å². The van der Waals surface area contributed by atoms with Crippen molar-refractivity contribution in [2.75, 3.05) is 10.6 Å². The molecule has 9 nitrogen and oxygen atoms in total. The zero-order valence-electron chi connectivity index (χ0n) is 17.8. The van der Waals surface area contributed by atoms with Gasteiger partial charge in [0.1, 0.15) is 17.3 Å². The second kappa shape index (κ2) is 8.84. The standard InChI is InChI=1S/C23H22N6O3/c1-13(2)26-23-25-12-18(22(31)29-23)20-6-4-15-10-16(5-7-19(15)28-20)32-17-8-9-24-21(11-17)27-14(3)30/h4-13H,1-3H3,(H,24,27,30)(H2,25,26,29,31). The molecule has 9 heteroatoms. The molecule has 0 aliphatic rings. The van der Waals surface area contributed by atoms with Crippen LogP contribution in [0.5, 0.6) is 11.5 Å². The van der Waals surface area contributed by atoms with Gasteiger partial charge in [0.25, 0.3) is 5.56 Å². The van der Waals surface area contributed by atoms with Crippen molar-refractivity contribution in [1.82, 2.24) is 19.9 Å². The van der Waals surface area contributed by atoms with Gasteiger partial charge >= 0.3 is 0 Å². The molecule has 1 aromatic carbocycles. The number of carbonyl (C=O) groups is 1. The van der Waals surface area contributed by atoms with Gasteiger partial charge < -0.3 is 15.4 Å². The molecule has 0 aliphatic carbocycles. The summed E-state index contributed by atoms with van der Waals surface area (Å²) in [4.78, 5) is 39.4. The lowest BCUT2D eigenvalue weighted by Gasteiger charge is -2.10. The Hall–Kier alpha value is -4.27. The van der Waals surface area contributed by atoms with Crippen molar-refractivity contribution in [3.8, 4) is 22.8 Å². The Balaban J connectivity index is 1.58. The van der Waals surface area contributed by atoms with Crippen molar-refractivity contribution in [2.24, 2.45) is 0 Å². The van der Waals surface area contributed by atoms with Crippen molar-refractivity contribution in [3.63, 3.8) is 0 Å². The SMILES string of the molecule is CC(=O)Nc1cc(Oc2ccc3nc(-c4cnc(NC(C)C)[nH]c4=O)ccc3c2)ccn1. The largest absolute Gasteiger partial charge is 0.457 e. The lowest BCUT2D eigenvalue weighted by Crippen LogP contribution is -2.18. The summed E-state index contributed by atoms with van der Waals surface area (Å²) in [6.45, 7) is 5.35. The number of carbonyl (C=O) groups excluding carboxylic acids is 1. The summed E-state index contributed by atoms with van der Waals surface area (Å²) in [6, 6.07) is 12.6. The van der Waals surface area contributed by atoms with Crippen LogP contribution in [-0.2, 0) is 4.79 Å². The third-order valence-corrected chi connectivity index (χ3v) is 4.43. The van der Waals surface area contributed by atoms with Gasteiger partial charge in [0.15, 0.2) is 0 Å². The number of amides is 1. The number of rotatable bonds is 6. The van der Waals surface area contributed by atoms with Crippen LogP contribution < -0.4 is 20.9 Å². The Morgan fingerprint density at radius 2 is 1.88 bits per heavy atom. The minimum Gasteiger partial charge on any atom is -0.457 e. The van der Waals surface area contributed by atoms with E-state index in [2.05, 4.69) is 30.6 Å². The highest BCUT2D eigenvalue weighted by atomic mass is 16.5. The summed E-state index contributed by atoms with van der Waals surface area (Å²) in [5, 5.41) is 6.54. The third kappa shape index (κ3) is 4.89. The van der Waals surface area contributed by atoms with Crippen molar-refractivity contribution in [1.29, 1.82) is 0 Å². The minimum atomic E-state index is -0.261. The zero-order valence-corrected chi connectivity index (χ0v) is 17.8. The van der Waals surface area contributed by atoms with E-state index in [-0.39, 0.29) is 17.5 Å². The van der Waals surface area contributed by atoms with E-state index in [1.165, 1.54) is 13.1 Å². The number of hydrogen-bond donors (Lipinski definition) is 3. The topological polar surface area (TPSA) is 122 Å². The average Bonchev–Trinajstić information content (AvgIpc) is 2.73. The van der Waals surface area contributed by atoms with E-state index >= 15 is 0 Å². The van der Waals surface area contributed by atoms with E-state index in [0.717, 1.165) is 5.39 Å². The summed E-state index contributed by atoms with van der Waals surface area (Å²) in [7, 11) is 0. The lowest BCUT2D eigenvalue weighted by atomic mass is 10.1. The Morgan fingerprint density at radius 3 is 2.62 bits per heavy atom. The van der Waals surface area contributed by atoms with Crippen LogP contribution in [0.4, 0.5) is 11.8 Å². The average molecular weight is 430 g/mol. The molecule has 0 atom stereocenters.